The SMILES string of the molecule is C[C@H](NC1CCN(Cc2ccc(Cl)cc2)CC1)c1nc2scc(-c3cccs3)c2c(=O)[nH]1. The second kappa shape index (κ2) is 9.45. The molecule has 8 heteroatoms. The van der Waals surface area contributed by atoms with Gasteiger partial charge in [0.15, 0.2) is 0 Å². The third kappa shape index (κ3) is 4.67. The van der Waals surface area contributed by atoms with E-state index in [1.54, 1.807) is 11.3 Å². The van der Waals surface area contributed by atoms with Crippen molar-refractivity contribution in [3.05, 3.63) is 73.9 Å². The molecular formula is C24H25ClN4OS2. The highest BCUT2D eigenvalue weighted by molar-refractivity contribution is 7.18. The first-order valence-electron chi connectivity index (χ1n) is 10.8. The summed E-state index contributed by atoms with van der Waals surface area (Å²) in [7, 11) is 0. The van der Waals surface area contributed by atoms with Crippen LogP contribution >= 0.6 is 34.3 Å². The fraction of sp³-hybridized carbons (Fsp3) is 0.333. The van der Waals surface area contributed by atoms with E-state index >= 15 is 0 Å². The van der Waals surface area contributed by atoms with E-state index in [1.807, 2.05) is 35.0 Å². The quantitative estimate of drug-likeness (QED) is 0.369. The number of hydrogen-bond acceptors (Lipinski definition) is 6. The zero-order valence-electron chi connectivity index (χ0n) is 17.8. The molecule has 0 unspecified atom stereocenters. The summed E-state index contributed by atoms with van der Waals surface area (Å²) in [6.45, 7) is 5.13. The Morgan fingerprint density at radius 2 is 2.00 bits per heavy atom. The van der Waals surface area contributed by atoms with Crippen molar-refractivity contribution in [2.45, 2.75) is 38.4 Å². The third-order valence-corrected chi connectivity index (χ3v) is 8.08. The van der Waals surface area contributed by atoms with Gasteiger partial charge in [-0.2, -0.15) is 0 Å². The fourth-order valence-corrected chi connectivity index (χ4v) is 6.22. The number of benzene rings is 1. The zero-order valence-corrected chi connectivity index (χ0v) is 20.2. The Morgan fingerprint density at radius 1 is 1.22 bits per heavy atom. The molecule has 166 valence electrons. The highest BCUT2D eigenvalue weighted by atomic mass is 35.5. The van der Waals surface area contributed by atoms with Gasteiger partial charge in [0.2, 0.25) is 0 Å². The summed E-state index contributed by atoms with van der Waals surface area (Å²) >= 11 is 9.17. The second-order valence-electron chi connectivity index (χ2n) is 8.32. The van der Waals surface area contributed by atoms with Crippen LogP contribution in [0.2, 0.25) is 5.02 Å². The smallest absolute Gasteiger partial charge is 0.260 e. The van der Waals surface area contributed by atoms with Gasteiger partial charge in [-0.05, 0) is 62.0 Å². The predicted molar refractivity (Wildman–Crippen MR) is 135 cm³/mol. The molecule has 1 aliphatic rings. The highest BCUT2D eigenvalue weighted by Gasteiger charge is 2.23. The van der Waals surface area contributed by atoms with Gasteiger partial charge in [0.25, 0.3) is 5.56 Å². The molecule has 1 aromatic carbocycles. The van der Waals surface area contributed by atoms with Gasteiger partial charge in [-0.3, -0.25) is 9.69 Å². The topological polar surface area (TPSA) is 61.0 Å². The summed E-state index contributed by atoms with van der Waals surface area (Å²) in [4.78, 5) is 25.1. The minimum atomic E-state index is -0.0546. The summed E-state index contributed by atoms with van der Waals surface area (Å²) in [5.41, 5.74) is 2.22. The van der Waals surface area contributed by atoms with Crippen molar-refractivity contribution in [1.82, 2.24) is 20.2 Å². The fourth-order valence-electron chi connectivity index (χ4n) is 4.32. The summed E-state index contributed by atoms with van der Waals surface area (Å²) in [5, 5.41) is 9.23. The van der Waals surface area contributed by atoms with Crippen molar-refractivity contribution >= 4 is 44.5 Å². The van der Waals surface area contributed by atoms with Gasteiger partial charge in [0.1, 0.15) is 10.7 Å². The Kier molecular flexibility index (Phi) is 6.44. The Labute approximate surface area is 200 Å². The van der Waals surface area contributed by atoms with Gasteiger partial charge < -0.3 is 10.3 Å². The molecule has 0 saturated carbocycles. The summed E-state index contributed by atoms with van der Waals surface area (Å²) < 4.78 is 0. The monoisotopic (exact) mass is 484 g/mol. The Morgan fingerprint density at radius 3 is 2.72 bits per heavy atom. The van der Waals surface area contributed by atoms with Crippen molar-refractivity contribution in [3.8, 4) is 10.4 Å². The number of halogens is 1. The lowest BCUT2D eigenvalue weighted by atomic mass is 10.0. The molecule has 2 N–H and O–H groups in total. The van der Waals surface area contributed by atoms with Crippen LogP contribution in [0.15, 0.2) is 52.0 Å². The van der Waals surface area contributed by atoms with Crippen LogP contribution in [0.25, 0.3) is 20.7 Å². The Hall–Kier alpha value is -2.03. The minimum absolute atomic E-state index is 0.00722. The highest BCUT2D eigenvalue weighted by Crippen LogP contribution is 2.33. The molecular weight excluding hydrogens is 460 g/mol. The number of piperidine rings is 1. The van der Waals surface area contributed by atoms with E-state index in [0.717, 1.165) is 52.8 Å². The van der Waals surface area contributed by atoms with Crippen molar-refractivity contribution in [2.24, 2.45) is 0 Å². The summed E-state index contributed by atoms with van der Waals surface area (Å²) in [6.07, 6.45) is 2.15. The minimum Gasteiger partial charge on any atom is -0.309 e. The largest absolute Gasteiger partial charge is 0.309 e. The normalized spacial score (nSPS) is 16.6. The first-order chi connectivity index (χ1) is 15.6. The Bertz CT molecular complexity index is 1240. The second-order valence-corrected chi connectivity index (χ2v) is 10.6. The van der Waals surface area contributed by atoms with E-state index < -0.39 is 0 Å². The number of fused-ring (bicyclic) bond motifs is 1. The van der Waals surface area contributed by atoms with Gasteiger partial charge in [-0.15, -0.1) is 22.7 Å². The van der Waals surface area contributed by atoms with Gasteiger partial charge in [-0.1, -0.05) is 29.8 Å². The van der Waals surface area contributed by atoms with E-state index in [0.29, 0.717) is 17.3 Å². The maximum absolute atomic E-state index is 12.9. The number of nitrogens with one attached hydrogen (secondary N) is 2. The van der Waals surface area contributed by atoms with E-state index in [1.165, 1.54) is 16.9 Å². The van der Waals surface area contributed by atoms with E-state index in [9.17, 15) is 4.79 Å². The van der Waals surface area contributed by atoms with E-state index in [4.69, 9.17) is 16.6 Å². The zero-order chi connectivity index (χ0) is 22.1. The number of hydrogen-bond donors (Lipinski definition) is 2. The molecule has 4 heterocycles. The van der Waals surface area contributed by atoms with Crippen LogP contribution in [0, 0.1) is 0 Å². The lowest BCUT2D eigenvalue weighted by Gasteiger charge is -2.33. The molecule has 0 aliphatic carbocycles. The first kappa shape index (κ1) is 21.8. The van der Waals surface area contributed by atoms with Crippen LogP contribution in [0.1, 0.15) is 37.2 Å². The van der Waals surface area contributed by atoms with Crippen LogP contribution in [0.5, 0.6) is 0 Å². The predicted octanol–water partition coefficient (Wildman–Crippen LogP) is 5.68. The van der Waals surface area contributed by atoms with Gasteiger partial charge in [0.05, 0.1) is 11.4 Å². The van der Waals surface area contributed by atoms with Crippen LogP contribution in [-0.4, -0.2) is 34.0 Å². The number of rotatable bonds is 6. The number of aromatic amines is 1. The van der Waals surface area contributed by atoms with Crippen molar-refractivity contribution in [2.75, 3.05) is 13.1 Å². The van der Waals surface area contributed by atoms with Crippen molar-refractivity contribution < 1.29 is 0 Å². The van der Waals surface area contributed by atoms with Crippen LogP contribution < -0.4 is 10.9 Å². The van der Waals surface area contributed by atoms with E-state index in [2.05, 4.69) is 34.3 Å². The molecule has 1 saturated heterocycles. The molecule has 32 heavy (non-hydrogen) atoms. The molecule has 5 rings (SSSR count). The molecule has 1 atom stereocenters. The molecule has 4 aromatic rings. The molecule has 5 nitrogen and oxygen atoms in total. The number of aromatic nitrogens is 2. The lowest BCUT2D eigenvalue weighted by molar-refractivity contribution is 0.184. The molecule has 1 aliphatic heterocycles. The molecule has 1 fully saturated rings. The van der Waals surface area contributed by atoms with Crippen LogP contribution in [0.3, 0.4) is 0 Å². The number of thiophene rings is 2. The molecule has 3 aromatic heterocycles. The van der Waals surface area contributed by atoms with Crippen molar-refractivity contribution in [1.29, 1.82) is 0 Å². The molecule has 0 radical (unpaired) electrons. The maximum Gasteiger partial charge on any atom is 0.260 e. The van der Waals surface area contributed by atoms with Gasteiger partial charge in [0, 0.05) is 33.4 Å². The Balaban J connectivity index is 1.22. The van der Waals surface area contributed by atoms with Gasteiger partial charge in [-0.25, -0.2) is 4.98 Å². The number of H-pyrrole nitrogens is 1. The average molecular weight is 485 g/mol. The summed E-state index contributed by atoms with van der Waals surface area (Å²) in [5.74, 6) is 0.714. The first-order valence-corrected chi connectivity index (χ1v) is 13.0. The van der Waals surface area contributed by atoms with E-state index in [-0.39, 0.29) is 11.6 Å². The maximum atomic E-state index is 12.9. The van der Waals surface area contributed by atoms with Gasteiger partial charge >= 0.3 is 0 Å². The van der Waals surface area contributed by atoms with Crippen LogP contribution in [0.4, 0.5) is 0 Å². The average Bonchev–Trinajstić information content (AvgIpc) is 3.46. The number of nitrogens with zero attached hydrogens (tertiary/aromatic N) is 2. The molecule has 0 spiro atoms. The molecule has 0 bridgehead atoms. The lowest BCUT2D eigenvalue weighted by Crippen LogP contribution is -2.43. The standard InChI is InChI=1S/C24H25ClN4OS2/c1-15(26-18-8-10-29(11-9-18)13-16-4-6-17(25)7-5-16)22-27-23(30)21-19(14-32-24(21)28-22)20-3-2-12-31-20/h2-7,12,14-15,18,26H,8-11,13H2,1H3,(H,27,28,30)/t15-/m0/s1. The summed E-state index contributed by atoms with van der Waals surface area (Å²) in [6, 6.07) is 12.6. The third-order valence-electron chi connectivity index (χ3n) is 6.05. The molecule has 0 amide bonds. The number of likely N-dealkylation sites (tertiary alicyclic amines) is 1. The van der Waals surface area contributed by atoms with Crippen LogP contribution in [-0.2, 0) is 6.54 Å². The van der Waals surface area contributed by atoms with Crippen molar-refractivity contribution in [3.63, 3.8) is 0 Å².